The van der Waals surface area contributed by atoms with Crippen molar-refractivity contribution in [3.63, 3.8) is 0 Å². The second-order valence-electron chi connectivity index (χ2n) is 4.60. The maximum Gasteiger partial charge on any atom is 0.170 e. The number of nitrogens with one attached hydrogen (secondary N) is 2. The predicted molar refractivity (Wildman–Crippen MR) is 85.3 cm³/mol. The Morgan fingerprint density at radius 2 is 2.45 bits per heavy atom. The molecular formula is C15H20N2O2S. The first kappa shape index (κ1) is 14.8. The molecule has 1 aliphatic heterocycles. The van der Waals surface area contributed by atoms with Crippen LogP contribution < -0.4 is 15.4 Å². The van der Waals surface area contributed by atoms with Crippen LogP contribution in [0.2, 0.25) is 0 Å². The fourth-order valence-electron chi connectivity index (χ4n) is 2.01. The van der Waals surface area contributed by atoms with Gasteiger partial charge in [-0.1, -0.05) is 18.7 Å². The Kier molecular flexibility index (Phi) is 5.83. The summed E-state index contributed by atoms with van der Waals surface area (Å²) in [5.74, 6) is 0.789. The highest BCUT2D eigenvalue weighted by molar-refractivity contribution is 7.80. The van der Waals surface area contributed by atoms with E-state index >= 15 is 0 Å². The van der Waals surface area contributed by atoms with E-state index in [1.807, 2.05) is 24.3 Å². The van der Waals surface area contributed by atoms with Crippen molar-refractivity contribution in [2.75, 3.05) is 25.1 Å². The smallest absolute Gasteiger partial charge is 0.170 e. The Bertz CT molecular complexity index is 459. The zero-order valence-corrected chi connectivity index (χ0v) is 12.2. The van der Waals surface area contributed by atoms with Gasteiger partial charge in [-0.25, -0.2) is 0 Å². The van der Waals surface area contributed by atoms with E-state index in [1.54, 1.807) is 6.08 Å². The first-order valence-corrected chi connectivity index (χ1v) is 7.19. The first-order valence-electron chi connectivity index (χ1n) is 6.78. The lowest BCUT2D eigenvalue weighted by atomic mass is 10.2. The molecule has 0 aromatic heterocycles. The first-order chi connectivity index (χ1) is 9.78. The van der Waals surface area contributed by atoms with Crippen molar-refractivity contribution in [1.29, 1.82) is 0 Å². The number of hydrogen-bond donors (Lipinski definition) is 2. The molecule has 0 saturated carbocycles. The van der Waals surface area contributed by atoms with Gasteiger partial charge < -0.3 is 20.1 Å². The molecule has 1 fully saturated rings. The molecule has 1 unspecified atom stereocenters. The average molecular weight is 292 g/mol. The van der Waals surface area contributed by atoms with E-state index in [-0.39, 0.29) is 6.10 Å². The van der Waals surface area contributed by atoms with Gasteiger partial charge in [-0.2, -0.15) is 0 Å². The van der Waals surface area contributed by atoms with Gasteiger partial charge in [-0.15, -0.1) is 0 Å². The summed E-state index contributed by atoms with van der Waals surface area (Å²) in [6.45, 7) is 5.72. The van der Waals surface area contributed by atoms with Gasteiger partial charge in [-0.05, 0) is 37.2 Å². The van der Waals surface area contributed by atoms with Gasteiger partial charge in [0, 0.05) is 24.9 Å². The predicted octanol–water partition coefficient (Wildman–Crippen LogP) is 2.72. The maximum absolute atomic E-state index is 5.54. The Hall–Kier alpha value is -1.59. The quantitative estimate of drug-likeness (QED) is 0.623. The van der Waals surface area contributed by atoms with E-state index in [0.29, 0.717) is 11.7 Å². The SMILES string of the molecule is C=CCOc1cccc(NC(=S)NCC2CCCO2)c1. The second-order valence-corrected chi connectivity index (χ2v) is 5.01. The molecule has 2 rings (SSSR count). The molecule has 1 aromatic carbocycles. The van der Waals surface area contributed by atoms with E-state index in [0.717, 1.165) is 37.4 Å². The standard InChI is InChI=1S/C15H20N2O2S/c1-2-8-18-13-6-3-5-12(10-13)17-15(20)16-11-14-7-4-9-19-14/h2-3,5-6,10,14H,1,4,7-9,11H2,(H2,16,17,20). The maximum atomic E-state index is 5.54. The summed E-state index contributed by atoms with van der Waals surface area (Å²) in [5, 5.41) is 6.91. The van der Waals surface area contributed by atoms with Crippen molar-refractivity contribution in [1.82, 2.24) is 5.32 Å². The highest BCUT2D eigenvalue weighted by Gasteiger charge is 2.15. The van der Waals surface area contributed by atoms with Crippen LogP contribution in [0.5, 0.6) is 5.75 Å². The second kappa shape index (κ2) is 7.87. The normalized spacial score (nSPS) is 17.5. The Morgan fingerprint density at radius 3 is 3.20 bits per heavy atom. The summed E-state index contributed by atoms with van der Waals surface area (Å²) in [6, 6.07) is 7.67. The summed E-state index contributed by atoms with van der Waals surface area (Å²) in [5.41, 5.74) is 0.899. The molecule has 0 spiro atoms. The summed E-state index contributed by atoms with van der Waals surface area (Å²) in [6.07, 6.45) is 4.22. The third kappa shape index (κ3) is 4.83. The Labute approximate surface area is 125 Å². The van der Waals surface area contributed by atoms with E-state index < -0.39 is 0 Å². The fraction of sp³-hybridized carbons (Fsp3) is 0.400. The molecule has 0 radical (unpaired) electrons. The molecule has 1 saturated heterocycles. The van der Waals surface area contributed by atoms with Crippen LogP contribution in [0.1, 0.15) is 12.8 Å². The van der Waals surface area contributed by atoms with Crippen molar-refractivity contribution in [3.8, 4) is 5.75 Å². The van der Waals surface area contributed by atoms with Crippen LogP contribution >= 0.6 is 12.2 Å². The lowest BCUT2D eigenvalue weighted by molar-refractivity contribution is 0.114. The largest absolute Gasteiger partial charge is 0.489 e. The van der Waals surface area contributed by atoms with Gasteiger partial charge in [-0.3, -0.25) is 0 Å². The van der Waals surface area contributed by atoms with E-state index in [4.69, 9.17) is 21.7 Å². The van der Waals surface area contributed by atoms with Gasteiger partial charge in [0.15, 0.2) is 5.11 Å². The number of benzene rings is 1. The van der Waals surface area contributed by atoms with Crippen LogP contribution in [0.3, 0.4) is 0 Å². The molecule has 2 N–H and O–H groups in total. The molecule has 108 valence electrons. The average Bonchev–Trinajstić information content (AvgIpc) is 2.97. The lowest BCUT2D eigenvalue weighted by Crippen LogP contribution is -2.34. The summed E-state index contributed by atoms with van der Waals surface area (Å²) in [7, 11) is 0. The van der Waals surface area contributed by atoms with Crippen LogP contribution in [0.25, 0.3) is 0 Å². The van der Waals surface area contributed by atoms with E-state index in [9.17, 15) is 0 Å². The molecule has 20 heavy (non-hydrogen) atoms. The summed E-state index contributed by atoms with van der Waals surface area (Å²) < 4.78 is 11.0. The van der Waals surface area contributed by atoms with Crippen molar-refractivity contribution >= 4 is 23.0 Å². The molecule has 1 atom stereocenters. The minimum atomic E-state index is 0.275. The highest BCUT2D eigenvalue weighted by atomic mass is 32.1. The third-order valence-electron chi connectivity index (χ3n) is 2.97. The molecule has 4 nitrogen and oxygen atoms in total. The minimum absolute atomic E-state index is 0.275. The topological polar surface area (TPSA) is 42.5 Å². The van der Waals surface area contributed by atoms with Gasteiger partial charge in [0.1, 0.15) is 12.4 Å². The number of thiocarbonyl (C=S) groups is 1. The molecule has 1 heterocycles. The van der Waals surface area contributed by atoms with Crippen LogP contribution in [0, 0.1) is 0 Å². The number of rotatable bonds is 6. The number of ether oxygens (including phenoxy) is 2. The molecule has 0 amide bonds. The van der Waals surface area contributed by atoms with Crippen molar-refractivity contribution in [3.05, 3.63) is 36.9 Å². The van der Waals surface area contributed by atoms with Gasteiger partial charge in [0.2, 0.25) is 0 Å². The summed E-state index contributed by atoms with van der Waals surface area (Å²) >= 11 is 5.27. The van der Waals surface area contributed by atoms with Crippen molar-refractivity contribution in [2.45, 2.75) is 18.9 Å². The van der Waals surface area contributed by atoms with E-state index in [2.05, 4.69) is 17.2 Å². The van der Waals surface area contributed by atoms with Crippen LogP contribution in [-0.2, 0) is 4.74 Å². The molecule has 0 aliphatic carbocycles. The van der Waals surface area contributed by atoms with Crippen molar-refractivity contribution < 1.29 is 9.47 Å². The number of hydrogen-bond acceptors (Lipinski definition) is 3. The lowest BCUT2D eigenvalue weighted by Gasteiger charge is -2.14. The Balaban J connectivity index is 1.79. The van der Waals surface area contributed by atoms with Gasteiger partial charge >= 0.3 is 0 Å². The molecule has 5 heteroatoms. The van der Waals surface area contributed by atoms with Crippen LogP contribution in [0.4, 0.5) is 5.69 Å². The monoisotopic (exact) mass is 292 g/mol. The molecule has 1 aromatic rings. The van der Waals surface area contributed by atoms with Crippen LogP contribution in [-0.4, -0.2) is 31.0 Å². The van der Waals surface area contributed by atoms with Gasteiger partial charge in [0.05, 0.1) is 6.10 Å². The third-order valence-corrected chi connectivity index (χ3v) is 3.22. The van der Waals surface area contributed by atoms with E-state index in [1.165, 1.54) is 0 Å². The molecular weight excluding hydrogens is 272 g/mol. The molecule has 0 bridgehead atoms. The van der Waals surface area contributed by atoms with Crippen LogP contribution in [0.15, 0.2) is 36.9 Å². The fourth-order valence-corrected chi connectivity index (χ4v) is 2.21. The number of anilines is 1. The zero-order chi connectivity index (χ0) is 14.2. The zero-order valence-electron chi connectivity index (χ0n) is 11.4. The van der Waals surface area contributed by atoms with Gasteiger partial charge in [0.25, 0.3) is 0 Å². The summed E-state index contributed by atoms with van der Waals surface area (Å²) in [4.78, 5) is 0. The highest BCUT2D eigenvalue weighted by Crippen LogP contribution is 2.17. The molecule has 1 aliphatic rings. The Morgan fingerprint density at radius 1 is 1.55 bits per heavy atom. The minimum Gasteiger partial charge on any atom is -0.489 e. The van der Waals surface area contributed by atoms with Crippen molar-refractivity contribution in [2.24, 2.45) is 0 Å².